The van der Waals surface area contributed by atoms with Crippen molar-refractivity contribution in [2.75, 3.05) is 17.2 Å². The van der Waals surface area contributed by atoms with Crippen LogP contribution in [0.1, 0.15) is 23.7 Å². The minimum Gasteiger partial charge on any atom is -0.352 e. The van der Waals surface area contributed by atoms with Crippen LogP contribution >= 0.6 is 0 Å². The van der Waals surface area contributed by atoms with Gasteiger partial charge in [0.15, 0.2) is 0 Å². The van der Waals surface area contributed by atoms with Crippen LogP contribution in [0, 0.1) is 0 Å². The molecule has 0 aromatic heterocycles. The topological polar surface area (TPSA) is 87.3 Å². The minimum absolute atomic E-state index is 0.154. The lowest BCUT2D eigenvalue weighted by Crippen LogP contribution is -2.27. The van der Waals surface area contributed by atoms with E-state index < -0.39 is 0 Å². The van der Waals surface area contributed by atoms with Gasteiger partial charge in [0.2, 0.25) is 11.8 Å². The van der Waals surface area contributed by atoms with Gasteiger partial charge < -0.3 is 16.0 Å². The highest BCUT2D eigenvalue weighted by Gasteiger charge is 2.08. The number of anilines is 2. The maximum atomic E-state index is 12.3. The van der Waals surface area contributed by atoms with Gasteiger partial charge in [-0.05, 0) is 47.2 Å². The summed E-state index contributed by atoms with van der Waals surface area (Å²) in [6.45, 7) is 1.67. The van der Waals surface area contributed by atoms with Crippen molar-refractivity contribution in [2.45, 2.75) is 13.3 Å². The van der Waals surface area contributed by atoms with E-state index in [9.17, 15) is 14.4 Å². The molecule has 3 aromatic carbocycles. The Morgan fingerprint density at radius 3 is 2.11 bits per heavy atom. The molecule has 3 amide bonds. The molecule has 0 unspecified atom stereocenters. The van der Waals surface area contributed by atoms with E-state index in [1.54, 1.807) is 30.3 Å². The molecule has 0 aliphatic heterocycles. The standard InChI is InChI=1S/C22H21N3O3/c1-15(26)24-19-8-10-20(11-9-19)25-21(27)12-13-23-22(28)18-7-6-16-4-2-3-5-17(16)14-18/h2-11,14H,12-13H2,1H3,(H,23,28)(H,24,26)(H,25,27). The fraction of sp³-hybridized carbons (Fsp3) is 0.136. The Morgan fingerprint density at radius 1 is 0.786 bits per heavy atom. The molecule has 3 aromatic rings. The van der Waals surface area contributed by atoms with Gasteiger partial charge in [-0.25, -0.2) is 0 Å². The van der Waals surface area contributed by atoms with Gasteiger partial charge in [-0.15, -0.1) is 0 Å². The fourth-order valence-electron chi connectivity index (χ4n) is 2.79. The van der Waals surface area contributed by atoms with Crippen molar-refractivity contribution in [3.8, 4) is 0 Å². The molecule has 142 valence electrons. The average molecular weight is 375 g/mol. The molecule has 0 atom stereocenters. The molecular formula is C22H21N3O3. The lowest BCUT2D eigenvalue weighted by molar-refractivity contribution is -0.116. The first-order valence-corrected chi connectivity index (χ1v) is 8.96. The molecule has 0 fully saturated rings. The first kappa shape index (κ1) is 19.1. The van der Waals surface area contributed by atoms with E-state index in [1.165, 1.54) is 6.92 Å². The zero-order valence-electron chi connectivity index (χ0n) is 15.5. The van der Waals surface area contributed by atoms with Gasteiger partial charge in [-0.2, -0.15) is 0 Å². The number of carbonyl (C=O) groups is 3. The van der Waals surface area contributed by atoms with Gasteiger partial charge >= 0.3 is 0 Å². The number of hydrogen-bond donors (Lipinski definition) is 3. The fourth-order valence-corrected chi connectivity index (χ4v) is 2.79. The zero-order chi connectivity index (χ0) is 19.9. The van der Waals surface area contributed by atoms with Crippen LogP contribution in [0.3, 0.4) is 0 Å². The molecule has 0 saturated carbocycles. The van der Waals surface area contributed by atoms with E-state index in [0.717, 1.165) is 10.8 Å². The second-order valence-corrected chi connectivity index (χ2v) is 6.37. The molecular weight excluding hydrogens is 354 g/mol. The molecule has 0 aliphatic rings. The Labute approximate surface area is 162 Å². The lowest BCUT2D eigenvalue weighted by Gasteiger charge is -2.08. The van der Waals surface area contributed by atoms with E-state index in [1.807, 2.05) is 36.4 Å². The highest BCUT2D eigenvalue weighted by Crippen LogP contribution is 2.16. The van der Waals surface area contributed by atoms with Crippen LogP contribution in [0.15, 0.2) is 66.7 Å². The van der Waals surface area contributed by atoms with Gasteiger partial charge in [0.1, 0.15) is 0 Å². The molecule has 28 heavy (non-hydrogen) atoms. The Kier molecular flexibility index (Phi) is 6.01. The van der Waals surface area contributed by atoms with E-state index >= 15 is 0 Å². The summed E-state index contributed by atoms with van der Waals surface area (Å²) in [5, 5.41) is 10.2. The van der Waals surface area contributed by atoms with Gasteiger partial charge in [-0.1, -0.05) is 30.3 Å². The van der Waals surface area contributed by atoms with Crippen molar-refractivity contribution in [1.82, 2.24) is 5.32 Å². The highest BCUT2D eigenvalue weighted by atomic mass is 16.2. The Morgan fingerprint density at radius 2 is 1.43 bits per heavy atom. The number of carbonyl (C=O) groups excluding carboxylic acids is 3. The number of hydrogen-bond acceptors (Lipinski definition) is 3. The van der Waals surface area contributed by atoms with Crippen LogP contribution < -0.4 is 16.0 Å². The molecule has 3 N–H and O–H groups in total. The van der Waals surface area contributed by atoms with Crippen molar-refractivity contribution in [1.29, 1.82) is 0 Å². The average Bonchev–Trinajstić information content (AvgIpc) is 2.68. The molecule has 0 heterocycles. The van der Waals surface area contributed by atoms with Gasteiger partial charge in [0.05, 0.1) is 0 Å². The molecule has 6 heteroatoms. The van der Waals surface area contributed by atoms with Crippen molar-refractivity contribution in [3.63, 3.8) is 0 Å². The third-order valence-electron chi connectivity index (χ3n) is 4.14. The maximum absolute atomic E-state index is 12.3. The number of benzene rings is 3. The van der Waals surface area contributed by atoms with Gasteiger partial charge in [0, 0.05) is 36.8 Å². The van der Waals surface area contributed by atoms with Crippen LogP contribution in [0.5, 0.6) is 0 Å². The van der Waals surface area contributed by atoms with Crippen LogP contribution in [-0.2, 0) is 9.59 Å². The first-order chi connectivity index (χ1) is 13.5. The second kappa shape index (κ2) is 8.81. The summed E-state index contributed by atoms with van der Waals surface area (Å²) in [6, 6.07) is 20.2. The predicted octanol–water partition coefficient (Wildman–Crippen LogP) is 3.56. The number of amides is 3. The third-order valence-corrected chi connectivity index (χ3v) is 4.14. The Hall–Kier alpha value is -3.67. The zero-order valence-corrected chi connectivity index (χ0v) is 15.5. The lowest BCUT2D eigenvalue weighted by atomic mass is 10.1. The van der Waals surface area contributed by atoms with Crippen molar-refractivity contribution >= 4 is 39.9 Å². The summed E-state index contributed by atoms with van der Waals surface area (Å²) in [6.07, 6.45) is 0.159. The van der Waals surface area contributed by atoms with Crippen molar-refractivity contribution in [3.05, 3.63) is 72.3 Å². The number of fused-ring (bicyclic) bond motifs is 1. The van der Waals surface area contributed by atoms with Crippen LogP contribution in [0.2, 0.25) is 0 Å². The Balaban J connectivity index is 1.47. The molecule has 0 bridgehead atoms. The van der Waals surface area contributed by atoms with E-state index in [0.29, 0.717) is 16.9 Å². The summed E-state index contributed by atoms with van der Waals surface area (Å²) in [7, 11) is 0. The molecule has 0 saturated heterocycles. The normalized spacial score (nSPS) is 10.3. The smallest absolute Gasteiger partial charge is 0.251 e. The second-order valence-electron chi connectivity index (χ2n) is 6.37. The quantitative estimate of drug-likeness (QED) is 0.616. The molecule has 3 rings (SSSR count). The molecule has 0 radical (unpaired) electrons. The molecule has 0 spiro atoms. The molecule has 6 nitrogen and oxygen atoms in total. The summed E-state index contributed by atoms with van der Waals surface area (Å²) >= 11 is 0. The van der Waals surface area contributed by atoms with E-state index in [2.05, 4.69) is 16.0 Å². The largest absolute Gasteiger partial charge is 0.352 e. The third kappa shape index (κ3) is 5.17. The first-order valence-electron chi connectivity index (χ1n) is 8.96. The summed E-state index contributed by atoms with van der Waals surface area (Å²) in [4.78, 5) is 35.3. The number of nitrogens with one attached hydrogen (secondary N) is 3. The Bertz CT molecular complexity index is 1010. The molecule has 0 aliphatic carbocycles. The maximum Gasteiger partial charge on any atom is 0.251 e. The monoisotopic (exact) mass is 375 g/mol. The van der Waals surface area contributed by atoms with Crippen LogP contribution in [0.4, 0.5) is 11.4 Å². The van der Waals surface area contributed by atoms with Crippen LogP contribution in [-0.4, -0.2) is 24.3 Å². The van der Waals surface area contributed by atoms with Crippen molar-refractivity contribution in [2.24, 2.45) is 0 Å². The summed E-state index contributed by atoms with van der Waals surface area (Å²) in [5.74, 6) is -0.566. The predicted molar refractivity (Wildman–Crippen MR) is 110 cm³/mol. The van der Waals surface area contributed by atoms with Gasteiger partial charge in [-0.3, -0.25) is 14.4 Å². The van der Waals surface area contributed by atoms with Gasteiger partial charge in [0.25, 0.3) is 5.91 Å². The SMILES string of the molecule is CC(=O)Nc1ccc(NC(=O)CCNC(=O)c2ccc3ccccc3c2)cc1. The van der Waals surface area contributed by atoms with Crippen LogP contribution in [0.25, 0.3) is 10.8 Å². The summed E-state index contributed by atoms with van der Waals surface area (Å²) < 4.78 is 0. The van der Waals surface area contributed by atoms with E-state index in [-0.39, 0.29) is 30.7 Å². The summed E-state index contributed by atoms with van der Waals surface area (Å²) in [5.41, 5.74) is 1.85. The van der Waals surface area contributed by atoms with Crippen molar-refractivity contribution < 1.29 is 14.4 Å². The highest BCUT2D eigenvalue weighted by molar-refractivity contribution is 5.99. The number of rotatable bonds is 6. The minimum atomic E-state index is -0.210. The van der Waals surface area contributed by atoms with E-state index in [4.69, 9.17) is 0 Å².